The highest BCUT2D eigenvalue weighted by molar-refractivity contribution is 5.86. The number of ether oxygens (including phenoxy) is 1. The van der Waals surface area contributed by atoms with Crippen LogP contribution in [-0.2, 0) is 0 Å². The van der Waals surface area contributed by atoms with Crippen molar-refractivity contribution >= 4 is 11.8 Å². The number of hydrogen-bond donors (Lipinski definition) is 1. The molecule has 0 saturated carbocycles. The smallest absolute Gasteiger partial charge is 0.417 e. The normalized spacial score (nSPS) is 10.2. The largest absolute Gasteiger partial charge is 0.421 e. The maximum absolute atomic E-state index is 11.8. The Kier molecular flexibility index (Phi) is 3.82. The quantitative estimate of drug-likeness (QED) is 0.798. The van der Waals surface area contributed by atoms with Crippen LogP contribution >= 0.6 is 0 Å². The van der Waals surface area contributed by atoms with E-state index >= 15 is 0 Å². The molecule has 0 fully saturated rings. The van der Waals surface area contributed by atoms with Crippen LogP contribution in [0.25, 0.3) is 11.5 Å². The molecule has 22 heavy (non-hydrogen) atoms. The molecule has 1 amide bonds. The fraction of sp³-hybridized carbons (Fsp3) is 0.0625. The third-order valence-electron chi connectivity index (χ3n) is 2.86. The molecule has 6 heteroatoms. The summed E-state index contributed by atoms with van der Waals surface area (Å²) in [6.07, 6.45) is -0.549. The van der Waals surface area contributed by atoms with Gasteiger partial charge in [-0.1, -0.05) is 18.2 Å². The van der Waals surface area contributed by atoms with Crippen molar-refractivity contribution in [2.75, 3.05) is 5.32 Å². The van der Waals surface area contributed by atoms with Gasteiger partial charge in [0.05, 0.1) is 0 Å². The number of rotatable bonds is 3. The maximum atomic E-state index is 11.8. The molecule has 0 saturated heterocycles. The number of nitrogens with one attached hydrogen (secondary N) is 1. The molecule has 0 bridgehead atoms. The van der Waals surface area contributed by atoms with E-state index < -0.39 is 6.09 Å². The molecule has 2 aromatic carbocycles. The second-order valence-electron chi connectivity index (χ2n) is 4.53. The van der Waals surface area contributed by atoms with E-state index in [0.717, 1.165) is 5.56 Å². The van der Waals surface area contributed by atoms with Crippen LogP contribution in [0.15, 0.2) is 59.0 Å². The van der Waals surface area contributed by atoms with E-state index in [1.54, 1.807) is 55.5 Å². The standard InChI is InChI=1S/C16H13N3O3/c1-11-18-19-15(21-11)12-7-9-13(10-8-12)17-16(20)22-14-5-3-2-4-6-14/h2-10H,1H3,(H,17,20). The maximum Gasteiger partial charge on any atom is 0.417 e. The van der Waals surface area contributed by atoms with E-state index in [9.17, 15) is 4.79 Å². The molecule has 6 nitrogen and oxygen atoms in total. The summed E-state index contributed by atoms with van der Waals surface area (Å²) in [5.74, 6) is 1.43. The van der Waals surface area contributed by atoms with Crippen molar-refractivity contribution in [3.63, 3.8) is 0 Å². The number of para-hydroxylation sites is 1. The predicted molar refractivity (Wildman–Crippen MR) is 80.6 cm³/mol. The molecule has 3 aromatic rings. The van der Waals surface area contributed by atoms with Crippen LogP contribution in [-0.4, -0.2) is 16.3 Å². The van der Waals surface area contributed by atoms with Crippen molar-refractivity contribution in [2.45, 2.75) is 6.92 Å². The van der Waals surface area contributed by atoms with E-state index in [-0.39, 0.29) is 0 Å². The van der Waals surface area contributed by atoms with Crippen molar-refractivity contribution in [3.8, 4) is 17.2 Å². The highest BCUT2D eigenvalue weighted by Gasteiger charge is 2.08. The SMILES string of the molecule is Cc1nnc(-c2ccc(NC(=O)Oc3ccccc3)cc2)o1. The average Bonchev–Trinajstić information content (AvgIpc) is 2.95. The lowest BCUT2D eigenvalue weighted by Crippen LogP contribution is -2.16. The van der Waals surface area contributed by atoms with Gasteiger partial charge in [-0.3, -0.25) is 5.32 Å². The number of anilines is 1. The highest BCUT2D eigenvalue weighted by Crippen LogP contribution is 2.20. The lowest BCUT2D eigenvalue weighted by atomic mass is 10.2. The minimum absolute atomic E-state index is 0.441. The van der Waals surface area contributed by atoms with Crippen molar-refractivity contribution in [1.29, 1.82) is 0 Å². The van der Waals surface area contributed by atoms with Gasteiger partial charge in [0, 0.05) is 18.2 Å². The summed E-state index contributed by atoms with van der Waals surface area (Å²) in [6, 6.07) is 15.9. The van der Waals surface area contributed by atoms with Crippen LogP contribution in [0.3, 0.4) is 0 Å². The Morgan fingerprint density at radius 2 is 1.77 bits per heavy atom. The number of nitrogens with zero attached hydrogens (tertiary/aromatic N) is 2. The minimum atomic E-state index is -0.549. The Morgan fingerprint density at radius 1 is 1.05 bits per heavy atom. The van der Waals surface area contributed by atoms with E-state index in [4.69, 9.17) is 9.15 Å². The topological polar surface area (TPSA) is 77.2 Å². The highest BCUT2D eigenvalue weighted by atomic mass is 16.6. The monoisotopic (exact) mass is 295 g/mol. The second-order valence-corrected chi connectivity index (χ2v) is 4.53. The lowest BCUT2D eigenvalue weighted by Gasteiger charge is -2.06. The third kappa shape index (κ3) is 3.29. The van der Waals surface area contributed by atoms with Gasteiger partial charge in [0.15, 0.2) is 0 Å². The number of amides is 1. The molecule has 0 unspecified atom stereocenters. The average molecular weight is 295 g/mol. The zero-order valence-electron chi connectivity index (χ0n) is 11.8. The fourth-order valence-electron chi connectivity index (χ4n) is 1.85. The summed E-state index contributed by atoms with van der Waals surface area (Å²) >= 11 is 0. The number of hydrogen-bond acceptors (Lipinski definition) is 5. The Labute approximate surface area is 126 Å². The lowest BCUT2D eigenvalue weighted by molar-refractivity contribution is 0.215. The van der Waals surface area contributed by atoms with Crippen LogP contribution in [0.4, 0.5) is 10.5 Å². The first-order valence-corrected chi connectivity index (χ1v) is 6.65. The molecular formula is C16H13N3O3. The number of carbonyl (C=O) groups is 1. The number of carbonyl (C=O) groups excluding carboxylic acids is 1. The Bertz CT molecular complexity index is 767. The van der Waals surface area contributed by atoms with E-state index in [1.165, 1.54) is 0 Å². The van der Waals surface area contributed by atoms with Gasteiger partial charge >= 0.3 is 6.09 Å². The molecule has 1 aromatic heterocycles. The van der Waals surface area contributed by atoms with Crippen molar-refractivity contribution < 1.29 is 13.9 Å². The summed E-state index contributed by atoms with van der Waals surface area (Å²) in [7, 11) is 0. The molecule has 1 heterocycles. The molecular weight excluding hydrogens is 282 g/mol. The summed E-state index contributed by atoms with van der Waals surface area (Å²) < 4.78 is 10.5. The third-order valence-corrected chi connectivity index (χ3v) is 2.86. The van der Waals surface area contributed by atoms with Crippen molar-refractivity contribution in [1.82, 2.24) is 10.2 Å². The van der Waals surface area contributed by atoms with E-state index in [0.29, 0.717) is 23.2 Å². The first-order valence-electron chi connectivity index (χ1n) is 6.65. The molecule has 1 N–H and O–H groups in total. The van der Waals surface area contributed by atoms with Gasteiger partial charge in [0.2, 0.25) is 11.8 Å². The van der Waals surface area contributed by atoms with Gasteiger partial charge in [-0.05, 0) is 36.4 Å². The summed E-state index contributed by atoms with van der Waals surface area (Å²) in [4.78, 5) is 11.8. The minimum Gasteiger partial charge on any atom is -0.421 e. The molecule has 0 atom stereocenters. The molecule has 3 rings (SSSR count). The van der Waals surface area contributed by atoms with E-state index in [2.05, 4.69) is 15.5 Å². The first-order chi connectivity index (χ1) is 10.7. The molecule has 110 valence electrons. The zero-order chi connectivity index (χ0) is 15.4. The van der Waals surface area contributed by atoms with Crippen LogP contribution in [0.1, 0.15) is 5.89 Å². The van der Waals surface area contributed by atoms with Gasteiger partial charge in [-0.25, -0.2) is 4.79 Å². The Balaban J connectivity index is 1.65. The van der Waals surface area contributed by atoms with Crippen LogP contribution in [0.5, 0.6) is 5.75 Å². The second kappa shape index (κ2) is 6.09. The van der Waals surface area contributed by atoms with Gasteiger partial charge in [-0.15, -0.1) is 10.2 Å². The summed E-state index contributed by atoms with van der Waals surface area (Å²) in [5.41, 5.74) is 1.39. The van der Waals surface area contributed by atoms with Gasteiger partial charge in [0.1, 0.15) is 5.75 Å². The van der Waals surface area contributed by atoms with Crippen LogP contribution < -0.4 is 10.1 Å². The molecule has 0 aliphatic rings. The zero-order valence-corrected chi connectivity index (χ0v) is 11.8. The van der Waals surface area contributed by atoms with E-state index in [1.807, 2.05) is 6.07 Å². The van der Waals surface area contributed by atoms with Gasteiger partial charge in [0.25, 0.3) is 0 Å². The van der Waals surface area contributed by atoms with Gasteiger partial charge < -0.3 is 9.15 Å². The summed E-state index contributed by atoms with van der Waals surface area (Å²) in [5, 5.41) is 10.4. The Hall–Kier alpha value is -3.15. The number of aromatic nitrogens is 2. The predicted octanol–water partition coefficient (Wildman–Crippen LogP) is 3.66. The first kappa shape index (κ1) is 13.8. The van der Waals surface area contributed by atoms with Crippen LogP contribution in [0.2, 0.25) is 0 Å². The van der Waals surface area contributed by atoms with Crippen LogP contribution in [0, 0.1) is 6.92 Å². The molecule has 0 spiro atoms. The number of aryl methyl sites for hydroxylation is 1. The molecule has 0 aliphatic carbocycles. The Morgan fingerprint density at radius 3 is 2.41 bits per heavy atom. The molecule has 0 aliphatic heterocycles. The summed E-state index contributed by atoms with van der Waals surface area (Å²) in [6.45, 7) is 1.73. The fourth-order valence-corrected chi connectivity index (χ4v) is 1.85. The molecule has 0 radical (unpaired) electrons. The number of benzene rings is 2. The van der Waals surface area contributed by atoms with Crippen molar-refractivity contribution in [3.05, 3.63) is 60.5 Å². The van der Waals surface area contributed by atoms with Gasteiger partial charge in [-0.2, -0.15) is 0 Å². The van der Waals surface area contributed by atoms with Crippen molar-refractivity contribution in [2.24, 2.45) is 0 Å².